The molecule has 1 amide bonds. The molecule has 2 N–H and O–H groups in total. The molecule has 0 unspecified atom stereocenters. The fourth-order valence-electron chi connectivity index (χ4n) is 4.51. The number of fused-ring (bicyclic) bond motifs is 4. The third kappa shape index (κ3) is 3.66. The van der Waals surface area contributed by atoms with Gasteiger partial charge in [0.2, 0.25) is 5.95 Å². The molecule has 8 heteroatoms. The molecule has 1 aliphatic carbocycles. The van der Waals surface area contributed by atoms with Crippen LogP contribution < -0.4 is 16.4 Å². The lowest BCUT2D eigenvalue weighted by atomic mass is 9.97. The first-order chi connectivity index (χ1) is 16.7. The zero-order chi connectivity index (χ0) is 23.1. The van der Waals surface area contributed by atoms with Gasteiger partial charge in [-0.25, -0.2) is 4.98 Å². The van der Waals surface area contributed by atoms with Crippen LogP contribution >= 0.6 is 11.3 Å². The number of hydrogen-bond acceptors (Lipinski definition) is 6. The summed E-state index contributed by atoms with van der Waals surface area (Å²) in [7, 11) is 0. The monoisotopic (exact) mass is 470 g/mol. The summed E-state index contributed by atoms with van der Waals surface area (Å²) in [5.74, 6) is 0.0324. The molecule has 7 nitrogen and oxygen atoms in total. The van der Waals surface area contributed by atoms with Crippen molar-refractivity contribution in [2.24, 2.45) is 0 Å². The van der Waals surface area contributed by atoms with Gasteiger partial charge in [0, 0.05) is 10.3 Å². The van der Waals surface area contributed by atoms with Crippen LogP contribution in [0.2, 0.25) is 0 Å². The Balaban J connectivity index is 1.37. The maximum atomic E-state index is 13.7. The van der Waals surface area contributed by atoms with E-state index >= 15 is 0 Å². The van der Waals surface area contributed by atoms with Crippen LogP contribution in [0.3, 0.4) is 0 Å². The molecule has 0 saturated carbocycles. The van der Waals surface area contributed by atoms with Crippen molar-refractivity contribution in [2.45, 2.75) is 32.2 Å². The largest absolute Gasteiger partial charge is 0.451 e. The lowest BCUT2D eigenvalue weighted by molar-refractivity contribution is 0.0937. The number of aryl methyl sites for hydroxylation is 2. The van der Waals surface area contributed by atoms with Gasteiger partial charge in [-0.1, -0.05) is 48.5 Å². The summed E-state index contributed by atoms with van der Waals surface area (Å²) in [6, 6.07) is 18.9. The summed E-state index contributed by atoms with van der Waals surface area (Å²) in [5.41, 5.74) is 8.21. The Labute approximate surface area is 199 Å². The van der Waals surface area contributed by atoms with Gasteiger partial charge in [-0.3, -0.25) is 25.0 Å². The average molecular weight is 471 g/mol. The van der Waals surface area contributed by atoms with Crippen LogP contribution in [0.4, 0.5) is 5.95 Å². The molecule has 5 aromatic rings. The smallest absolute Gasteiger partial charge is 0.305 e. The normalized spacial score (nSPS) is 13.2. The highest BCUT2D eigenvalue weighted by molar-refractivity contribution is 7.18. The molecular formula is C26H22N4O3S. The Morgan fingerprint density at radius 3 is 2.71 bits per heavy atom. The van der Waals surface area contributed by atoms with Gasteiger partial charge in [0.05, 0.1) is 11.9 Å². The average Bonchev–Trinajstić information content (AvgIpc) is 3.46. The number of hydrazine groups is 1. The van der Waals surface area contributed by atoms with Gasteiger partial charge in [-0.15, -0.1) is 11.3 Å². The maximum Gasteiger partial charge on any atom is 0.305 e. The molecular weight excluding hydrogens is 448 g/mol. The molecule has 0 radical (unpaired) electrons. The van der Waals surface area contributed by atoms with E-state index in [1.54, 1.807) is 22.0 Å². The highest BCUT2D eigenvalue weighted by Gasteiger charge is 2.23. The number of aromatic nitrogens is 2. The minimum atomic E-state index is -0.442. The van der Waals surface area contributed by atoms with Crippen LogP contribution in [0, 0.1) is 0 Å². The summed E-state index contributed by atoms with van der Waals surface area (Å²) in [5, 5.41) is 1.56. The molecule has 0 saturated heterocycles. The van der Waals surface area contributed by atoms with E-state index in [0.717, 1.165) is 42.2 Å². The van der Waals surface area contributed by atoms with Gasteiger partial charge in [0.15, 0.2) is 5.76 Å². The number of anilines is 1. The van der Waals surface area contributed by atoms with Crippen molar-refractivity contribution in [2.75, 3.05) is 5.43 Å². The van der Waals surface area contributed by atoms with E-state index in [1.165, 1.54) is 4.88 Å². The highest BCUT2D eigenvalue weighted by atomic mass is 32.1. The maximum absolute atomic E-state index is 13.7. The lowest BCUT2D eigenvalue weighted by Crippen LogP contribution is -2.34. The third-order valence-electron chi connectivity index (χ3n) is 6.20. The van der Waals surface area contributed by atoms with Gasteiger partial charge in [0.1, 0.15) is 10.4 Å². The lowest BCUT2D eigenvalue weighted by Gasteiger charge is -2.15. The first-order valence-corrected chi connectivity index (χ1v) is 12.1. The quantitative estimate of drug-likeness (QED) is 0.357. The van der Waals surface area contributed by atoms with Gasteiger partial charge < -0.3 is 4.42 Å². The molecule has 0 spiro atoms. The molecule has 3 heterocycles. The number of thiophene rings is 1. The minimum Gasteiger partial charge on any atom is -0.451 e. The number of carbonyl (C=O) groups excluding carboxylic acids is 1. The molecule has 0 bridgehead atoms. The van der Waals surface area contributed by atoms with Gasteiger partial charge in [-0.05, 0) is 48.9 Å². The van der Waals surface area contributed by atoms with E-state index in [2.05, 4.69) is 10.9 Å². The summed E-state index contributed by atoms with van der Waals surface area (Å²) in [4.78, 5) is 33.2. The Morgan fingerprint density at radius 1 is 1.06 bits per heavy atom. The second kappa shape index (κ2) is 8.46. The van der Waals surface area contributed by atoms with Crippen LogP contribution in [0.1, 0.15) is 39.4 Å². The van der Waals surface area contributed by atoms with E-state index in [4.69, 9.17) is 9.40 Å². The summed E-state index contributed by atoms with van der Waals surface area (Å²) in [6.07, 6.45) is 4.12. The second-order valence-electron chi connectivity index (χ2n) is 8.43. The second-order valence-corrected chi connectivity index (χ2v) is 9.51. The summed E-state index contributed by atoms with van der Waals surface area (Å²) in [6.45, 7) is 0.343. The van der Waals surface area contributed by atoms with Crippen molar-refractivity contribution in [1.29, 1.82) is 0 Å². The van der Waals surface area contributed by atoms with Crippen molar-refractivity contribution in [3.8, 4) is 0 Å². The molecule has 34 heavy (non-hydrogen) atoms. The van der Waals surface area contributed by atoms with Crippen LogP contribution in [-0.4, -0.2) is 15.5 Å². The van der Waals surface area contributed by atoms with E-state index in [-0.39, 0.29) is 11.3 Å². The molecule has 170 valence electrons. The number of amides is 1. The molecule has 0 atom stereocenters. The third-order valence-corrected chi connectivity index (χ3v) is 7.38. The number of benzene rings is 2. The van der Waals surface area contributed by atoms with Crippen molar-refractivity contribution in [1.82, 2.24) is 15.0 Å². The standard InChI is InChI=1S/C26H22N4O3S/c31-23(20-14-17-10-4-6-12-19(17)33-20)28-29-26-27-24-22(18-11-5-7-13-21(18)34-24)25(32)30(26)15-16-8-2-1-3-9-16/h1-4,6,8-10,12,14H,5,7,11,13,15H2,(H,27,29)(H,28,31). The number of hydrogen-bond donors (Lipinski definition) is 2. The number of furan rings is 1. The minimum absolute atomic E-state index is 0.0891. The van der Waals surface area contributed by atoms with Crippen LogP contribution in [0.25, 0.3) is 21.2 Å². The van der Waals surface area contributed by atoms with Gasteiger partial charge in [0.25, 0.3) is 5.56 Å². The fraction of sp³-hybridized carbons (Fsp3) is 0.192. The van der Waals surface area contributed by atoms with Gasteiger partial charge in [-0.2, -0.15) is 0 Å². The number of para-hydroxylation sites is 1. The van der Waals surface area contributed by atoms with Crippen molar-refractivity contribution >= 4 is 44.4 Å². The predicted molar refractivity (Wildman–Crippen MR) is 133 cm³/mol. The molecule has 0 fully saturated rings. The highest BCUT2D eigenvalue weighted by Crippen LogP contribution is 2.34. The molecule has 1 aliphatic rings. The Hall–Kier alpha value is -3.91. The first kappa shape index (κ1) is 20.7. The zero-order valence-electron chi connectivity index (χ0n) is 18.3. The van der Waals surface area contributed by atoms with E-state index in [9.17, 15) is 9.59 Å². The van der Waals surface area contributed by atoms with Crippen molar-refractivity contribution in [3.63, 3.8) is 0 Å². The fourth-order valence-corrected chi connectivity index (χ4v) is 5.77. The summed E-state index contributed by atoms with van der Waals surface area (Å²) >= 11 is 1.58. The molecule has 0 aliphatic heterocycles. The van der Waals surface area contributed by atoms with Crippen LogP contribution in [0.15, 0.2) is 69.9 Å². The Morgan fingerprint density at radius 2 is 1.85 bits per heavy atom. The first-order valence-electron chi connectivity index (χ1n) is 11.3. The SMILES string of the molecule is O=C(NNc1nc2sc3c(c2c(=O)n1Cc1ccccc1)CCCC3)c1cc2ccccc2o1. The molecule has 3 aromatic heterocycles. The van der Waals surface area contributed by atoms with E-state index in [0.29, 0.717) is 28.3 Å². The van der Waals surface area contributed by atoms with Crippen molar-refractivity contribution < 1.29 is 9.21 Å². The number of rotatable bonds is 5. The van der Waals surface area contributed by atoms with Crippen molar-refractivity contribution in [3.05, 3.63) is 92.8 Å². The van der Waals surface area contributed by atoms with E-state index in [1.807, 2.05) is 54.6 Å². The number of nitrogens with zero attached hydrogens (tertiary/aromatic N) is 2. The van der Waals surface area contributed by atoms with E-state index < -0.39 is 5.91 Å². The summed E-state index contributed by atoms with van der Waals surface area (Å²) < 4.78 is 7.25. The van der Waals surface area contributed by atoms with Crippen LogP contribution in [0.5, 0.6) is 0 Å². The number of nitrogens with one attached hydrogen (secondary N) is 2. The van der Waals surface area contributed by atoms with Gasteiger partial charge >= 0.3 is 5.91 Å². The zero-order valence-corrected chi connectivity index (χ0v) is 19.2. The molecule has 6 rings (SSSR count). The topological polar surface area (TPSA) is 89.2 Å². The Bertz CT molecular complexity index is 1550. The number of carbonyl (C=O) groups is 1. The van der Waals surface area contributed by atoms with Crippen LogP contribution in [-0.2, 0) is 19.4 Å². The Kier molecular flexibility index (Phi) is 5.15. The molecule has 2 aromatic carbocycles. The predicted octanol–water partition coefficient (Wildman–Crippen LogP) is 4.89.